The number of carbonyl (C=O) groups excluding carboxylic acids is 1. The van der Waals surface area contributed by atoms with E-state index in [-0.39, 0.29) is 11.9 Å². The predicted octanol–water partition coefficient (Wildman–Crippen LogP) is 5.32. The maximum atomic E-state index is 13.9. The number of benzene rings is 3. The normalized spacial score (nSPS) is 20.1. The minimum Gasteiger partial charge on any atom is -0.497 e. The Bertz CT molecular complexity index is 1070. The predicted molar refractivity (Wildman–Crippen MR) is 123 cm³/mol. The molecular weight excluding hydrogens is 409 g/mol. The van der Waals surface area contributed by atoms with Crippen LogP contribution in [0, 0.1) is 0 Å². The van der Waals surface area contributed by atoms with Crippen LogP contribution in [0.4, 0.5) is 5.69 Å². The van der Waals surface area contributed by atoms with Crippen molar-refractivity contribution in [2.75, 3.05) is 25.3 Å². The Morgan fingerprint density at radius 2 is 1.48 bits per heavy atom. The zero-order valence-corrected chi connectivity index (χ0v) is 18.6. The molecule has 1 fully saturated rings. The van der Waals surface area contributed by atoms with Gasteiger partial charge in [0.1, 0.15) is 11.4 Å². The smallest absolute Gasteiger partial charge is 0.242 e. The fourth-order valence-corrected chi connectivity index (χ4v) is 6.59. The van der Waals surface area contributed by atoms with Crippen molar-refractivity contribution in [3.63, 3.8) is 0 Å². The van der Waals surface area contributed by atoms with E-state index in [1.54, 1.807) is 12.0 Å². The lowest BCUT2D eigenvalue weighted by Gasteiger charge is -2.49. The fraction of sp³-hybridized carbons (Fsp3) is 0.240. The van der Waals surface area contributed by atoms with Crippen molar-refractivity contribution in [2.45, 2.75) is 18.1 Å². The molecule has 1 aliphatic rings. The van der Waals surface area contributed by atoms with Crippen molar-refractivity contribution in [1.29, 1.82) is 0 Å². The number of nitrogens with zero attached hydrogens (tertiary/aromatic N) is 1. The number of methoxy groups -OCH3 is 1. The minimum absolute atomic E-state index is 0.162. The molecule has 0 spiro atoms. The van der Waals surface area contributed by atoms with Gasteiger partial charge in [0.15, 0.2) is 0 Å². The number of hydrogen-bond acceptors (Lipinski definition) is 4. The number of hydrogen-bond donors (Lipinski definition) is 0. The van der Waals surface area contributed by atoms with Gasteiger partial charge in [-0.3, -0.25) is 9.36 Å². The van der Waals surface area contributed by atoms with Crippen molar-refractivity contribution < 1.29 is 18.6 Å². The topological polar surface area (TPSA) is 55.8 Å². The SMILES string of the molecule is COc1ccc([C@@H]2[C@@H](P(=O)(CCc3ccccc3)OC)C(=O)N2c2ccccc2)cc1. The third kappa shape index (κ3) is 4.16. The fourth-order valence-electron chi connectivity index (χ4n) is 4.14. The van der Waals surface area contributed by atoms with Gasteiger partial charge < -0.3 is 14.2 Å². The Kier molecular flexibility index (Phi) is 6.26. The summed E-state index contributed by atoms with van der Waals surface area (Å²) in [5, 5.41) is 0. The van der Waals surface area contributed by atoms with Gasteiger partial charge in [0.2, 0.25) is 13.3 Å². The van der Waals surface area contributed by atoms with Crippen molar-refractivity contribution in [3.8, 4) is 5.75 Å². The second-order valence-electron chi connectivity index (χ2n) is 7.57. The number of para-hydroxylation sites is 1. The molecule has 4 rings (SSSR count). The number of aryl methyl sites for hydroxylation is 1. The standard InChI is InChI=1S/C25H26NO4P/c1-29-22-15-13-20(14-16-22)23-24(25(27)26(23)21-11-7-4-8-12-21)31(28,30-2)18-17-19-9-5-3-6-10-19/h3-16,23-24H,17-18H2,1-2H3/t23-,24-,31?/m1/s1. The van der Waals surface area contributed by atoms with Crippen LogP contribution in [0.1, 0.15) is 17.2 Å². The summed E-state index contributed by atoms with van der Waals surface area (Å²) in [4.78, 5) is 15.1. The largest absolute Gasteiger partial charge is 0.497 e. The molecule has 31 heavy (non-hydrogen) atoms. The van der Waals surface area contributed by atoms with E-state index < -0.39 is 13.0 Å². The van der Waals surface area contributed by atoms with Gasteiger partial charge in [-0.25, -0.2) is 0 Å². The van der Waals surface area contributed by atoms with Gasteiger partial charge in [-0.05, 0) is 41.8 Å². The monoisotopic (exact) mass is 435 g/mol. The second kappa shape index (κ2) is 9.09. The quantitative estimate of drug-likeness (QED) is 0.355. The van der Waals surface area contributed by atoms with E-state index in [2.05, 4.69) is 0 Å². The van der Waals surface area contributed by atoms with Crippen LogP contribution in [-0.4, -0.2) is 31.9 Å². The van der Waals surface area contributed by atoms with Gasteiger partial charge in [0.25, 0.3) is 0 Å². The highest BCUT2D eigenvalue weighted by Crippen LogP contribution is 2.62. The number of β-lactam (4-membered cyclic amide) rings is 1. The van der Waals surface area contributed by atoms with Crippen molar-refractivity contribution in [2.24, 2.45) is 0 Å². The number of carbonyl (C=O) groups is 1. The third-order valence-corrected chi connectivity index (χ3v) is 8.66. The molecule has 6 heteroatoms. The van der Waals surface area contributed by atoms with Crippen molar-refractivity contribution in [1.82, 2.24) is 0 Å². The van der Waals surface area contributed by atoms with Gasteiger partial charge >= 0.3 is 0 Å². The highest BCUT2D eigenvalue weighted by Gasteiger charge is 2.58. The second-order valence-corrected chi connectivity index (χ2v) is 10.4. The van der Waals surface area contributed by atoms with Crippen molar-refractivity contribution >= 4 is 19.0 Å². The van der Waals surface area contributed by atoms with Gasteiger partial charge in [-0.1, -0.05) is 60.7 Å². The summed E-state index contributed by atoms with van der Waals surface area (Å²) < 4.78 is 24.8. The van der Waals surface area contributed by atoms with Gasteiger partial charge in [0.05, 0.1) is 13.2 Å². The Hall–Kier alpha value is -2.88. The summed E-state index contributed by atoms with van der Waals surface area (Å²) in [5.41, 5.74) is 2.06. The molecule has 0 aliphatic carbocycles. The van der Waals surface area contributed by atoms with E-state index in [4.69, 9.17) is 9.26 Å². The van der Waals surface area contributed by atoms with Crippen LogP contribution in [0.5, 0.6) is 5.75 Å². The van der Waals surface area contributed by atoms with Crippen LogP contribution in [0.3, 0.4) is 0 Å². The molecule has 0 radical (unpaired) electrons. The van der Waals surface area contributed by atoms with Crippen LogP contribution >= 0.6 is 7.37 Å². The molecule has 1 saturated heterocycles. The Labute approximate surface area is 183 Å². The Balaban J connectivity index is 1.68. The summed E-state index contributed by atoms with van der Waals surface area (Å²) in [6, 6.07) is 26.6. The summed E-state index contributed by atoms with van der Waals surface area (Å²) in [7, 11) is -0.178. The first-order chi connectivity index (χ1) is 15.1. The first-order valence-electron chi connectivity index (χ1n) is 10.3. The molecule has 0 saturated carbocycles. The van der Waals surface area contributed by atoms with Gasteiger partial charge in [-0.2, -0.15) is 0 Å². The zero-order valence-electron chi connectivity index (χ0n) is 17.7. The molecule has 5 nitrogen and oxygen atoms in total. The number of rotatable bonds is 8. The average molecular weight is 435 g/mol. The minimum atomic E-state index is -3.25. The zero-order chi connectivity index (χ0) is 21.8. The molecule has 160 valence electrons. The van der Waals surface area contributed by atoms with Gasteiger partial charge in [0, 0.05) is 19.0 Å². The summed E-state index contributed by atoms with van der Waals surface area (Å²) in [5.74, 6) is 0.571. The van der Waals surface area contributed by atoms with Crippen LogP contribution in [-0.2, 0) is 20.3 Å². The number of anilines is 1. The first-order valence-corrected chi connectivity index (χ1v) is 12.2. The van der Waals surface area contributed by atoms with E-state index in [1.807, 2.05) is 84.9 Å². The van der Waals surface area contributed by atoms with Crippen LogP contribution in [0.15, 0.2) is 84.9 Å². The lowest BCUT2D eigenvalue weighted by atomic mass is 9.92. The maximum absolute atomic E-state index is 13.9. The molecule has 0 bridgehead atoms. The lowest BCUT2D eigenvalue weighted by Crippen LogP contribution is -2.59. The van der Waals surface area contributed by atoms with E-state index in [9.17, 15) is 9.36 Å². The molecule has 0 N–H and O–H groups in total. The highest BCUT2D eigenvalue weighted by molar-refractivity contribution is 7.61. The van der Waals surface area contributed by atoms with Crippen LogP contribution in [0.25, 0.3) is 0 Å². The molecule has 0 aromatic heterocycles. The van der Waals surface area contributed by atoms with Crippen LogP contribution < -0.4 is 9.64 Å². The summed E-state index contributed by atoms with van der Waals surface area (Å²) in [6.07, 6.45) is 0.912. The van der Waals surface area contributed by atoms with E-state index in [1.165, 1.54) is 7.11 Å². The van der Waals surface area contributed by atoms with Gasteiger partial charge in [-0.15, -0.1) is 0 Å². The van der Waals surface area contributed by atoms with E-state index in [0.29, 0.717) is 12.6 Å². The third-order valence-electron chi connectivity index (χ3n) is 5.85. The Morgan fingerprint density at radius 1 is 0.871 bits per heavy atom. The first kappa shape index (κ1) is 21.4. The van der Waals surface area contributed by atoms with E-state index in [0.717, 1.165) is 22.6 Å². The lowest BCUT2D eigenvalue weighted by molar-refractivity contribution is -0.124. The molecular formula is C25H26NO4P. The summed E-state index contributed by atoms with van der Waals surface area (Å²) >= 11 is 0. The van der Waals surface area contributed by atoms with Crippen LogP contribution in [0.2, 0.25) is 0 Å². The molecule has 1 heterocycles. The maximum Gasteiger partial charge on any atom is 0.242 e. The number of amides is 1. The molecule has 3 aromatic carbocycles. The van der Waals surface area contributed by atoms with E-state index >= 15 is 0 Å². The Morgan fingerprint density at radius 3 is 2.06 bits per heavy atom. The summed E-state index contributed by atoms with van der Waals surface area (Å²) in [6.45, 7) is 0. The average Bonchev–Trinajstić information content (AvgIpc) is 2.82. The highest BCUT2D eigenvalue weighted by atomic mass is 31.2. The molecule has 3 aromatic rings. The molecule has 1 aliphatic heterocycles. The molecule has 1 amide bonds. The van der Waals surface area contributed by atoms with Crippen molar-refractivity contribution in [3.05, 3.63) is 96.1 Å². The molecule has 3 atom stereocenters. The molecule has 1 unspecified atom stereocenters. The number of ether oxygens (including phenoxy) is 1.